The number of aromatic carboxylic acids is 1. The maximum atomic E-state index is 11.8. The quantitative estimate of drug-likeness (QED) is 0.782. The molecule has 0 aliphatic rings. The number of sulfone groups is 1. The second-order valence-electron chi connectivity index (χ2n) is 5.22. The summed E-state index contributed by atoms with van der Waals surface area (Å²) in [5, 5.41) is 11.4. The van der Waals surface area contributed by atoms with E-state index in [1.165, 1.54) is 25.3 Å². The number of carboxylic acid groups (broad SMARTS) is 1. The monoisotopic (exact) mass is 329 g/mol. The number of hydrogen-bond acceptors (Lipinski definition) is 5. The highest BCUT2D eigenvalue weighted by molar-refractivity contribution is 7.92. The number of amides is 1. The van der Waals surface area contributed by atoms with E-state index in [9.17, 15) is 18.0 Å². The number of carbonyl (C=O) groups excluding carboxylic acids is 1. The molecule has 0 bridgehead atoms. The first-order valence-corrected chi connectivity index (χ1v) is 8.38. The van der Waals surface area contributed by atoms with Gasteiger partial charge in [-0.05, 0) is 18.1 Å². The maximum absolute atomic E-state index is 11.8. The maximum Gasteiger partial charge on any atom is 0.339 e. The van der Waals surface area contributed by atoms with Crippen molar-refractivity contribution in [1.29, 1.82) is 0 Å². The summed E-state index contributed by atoms with van der Waals surface area (Å²) in [4.78, 5) is 22.7. The number of nitrogens with one attached hydrogen (secondary N) is 1. The lowest BCUT2D eigenvalue weighted by molar-refractivity contribution is -0.113. The number of carboxylic acids is 1. The third-order valence-corrected chi connectivity index (χ3v) is 4.53. The molecule has 0 saturated carbocycles. The van der Waals surface area contributed by atoms with Gasteiger partial charge < -0.3 is 15.2 Å². The van der Waals surface area contributed by atoms with Crippen molar-refractivity contribution in [2.75, 3.05) is 23.9 Å². The Bertz CT molecular complexity index is 666. The van der Waals surface area contributed by atoms with Crippen LogP contribution in [0.1, 0.15) is 24.2 Å². The third kappa shape index (κ3) is 5.36. The van der Waals surface area contributed by atoms with E-state index in [0.717, 1.165) is 0 Å². The van der Waals surface area contributed by atoms with Gasteiger partial charge in [0.15, 0.2) is 9.84 Å². The molecule has 0 aromatic heterocycles. The van der Waals surface area contributed by atoms with Gasteiger partial charge in [-0.15, -0.1) is 0 Å². The van der Waals surface area contributed by atoms with Gasteiger partial charge >= 0.3 is 5.97 Å². The minimum absolute atomic E-state index is 0.0482. The predicted octanol–water partition coefficient (Wildman–Crippen LogP) is 1.40. The molecule has 1 aromatic rings. The normalized spacial score (nSPS) is 11.3. The molecule has 0 fully saturated rings. The lowest BCUT2D eigenvalue weighted by atomic mass is 10.2. The topological polar surface area (TPSA) is 110 Å². The van der Waals surface area contributed by atoms with Crippen molar-refractivity contribution in [1.82, 2.24) is 0 Å². The summed E-state index contributed by atoms with van der Waals surface area (Å²) in [5.41, 5.74) is 0.222. The molecule has 2 N–H and O–H groups in total. The first-order chi connectivity index (χ1) is 10.1. The van der Waals surface area contributed by atoms with Crippen molar-refractivity contribution in [2.45, 2.75) is 13.8 Å². The molecular formula is C14H19NO6S. The predicted molar refractivity (Wildman–Crippen MR) is 82.1 cm³/mol. The van der Waals surface area contributed by atoms with Crippen LogP contribution in [-0.4, -0.2) is 44.0 Å². The van der Waals surface area contributed by atoms with E-state index >= 15 is 0 Å². The Morgan fingerprint density at radius 2 is 1.95 bits per heavy atom. The highest BCUT2D eigenvalue weighted by Gasteiger charge is 2.19. The van der Waals surface area contributed by atoms with Crippen LogP contribution in [0.2, 0.25) is 0 Å². The van der Waals surface area contributed by atoms with Crippen LogP contribution >= 0.6 is 0 Å². The first-order valence-electron chi connectivity index (χ1n) is 6.56. The van der Waals surface area contributed by atoms with Gasteiger partial charge in [-0.1, -0.05) is 13.8 Å². The van der Waals surface area contributed by atoms with Crippen molar-refractivity contribution < 1.29 is 27.9 Å². The zero-order valence-electron chi connectivity index (χ0n) is 12.6. The molecule has 7 nitrogen and oxygen atoms in total. The van der Waals surface area contributed by atoms with Gasteiger partial charge in [0.1, 0.15) is 17.1 Å². The van der Waals surface area contributed by atoms with Crippen LogP contribution in [0.3, 0.4) is 0 Å². The lowest BCUT2D eigenvalue weighted by Crippen LogP contribution is -2.26. The van der Waals surface area contributed by atoms with E-state index in [-0.39, 0.29) is 28.7 Å². The van der Waals surface area contributed by atoms with Crippen molar-refractivity contribution in [2.24, 2.45) is 5.92 Å². The first kappa shape index (κ1) is 18.0. The number of rotatable bonds is 7. The Hall–Kier alpha value is -2.09. The smallest absolute Gasteiger partial charge is 0.339 e. The minimum atomic E-state index is -3.47. The summed E-state index contributed by atoms with van der Waals surface area (Å²) in [6.45, 7) is 3.51. The van der Waals surface area contributed by atoms with Crippen molar-refractivity contribution in [3.8, 4) is 5.75 Å². The summed E-state index contributed by atoms with van der Waals surface area (Å²) in [6.07, 6.45) is 0. The second kappa shape index (κ2) is 7.26. The van der Waals surface area contributed by atoms with Gasteiger partial charge in [0.05, 0.1) is 12.9 Å². The summed E-state index contributed by atoms with van der Waals surface area (Å²) in [6, 6.07) is 3.98. The average Bonchev–Trinajstić information content (AvgIpc) is 2.35. The van der Waals surface area contributed by atoms with Gasteiger partial charge in [-0.3, -0.25) is 4.79 Å². The van der Waals surface area contributed by atoms with Crippen LogP contribution < -0.4 is 10.1 Å². The molecule has 0 saturated heterocycles. The molecule has 0 atom stereocenters. The highest BCUT2D eigenvalue weighted by atomic mass is 32.2. The summed E-state index contributed by atoms with van der Waals surface area (Å²) >= 11 is 0. The van der Waals surface area contributed by atoms with Crippen LogP contribution in [0.4, 0.5) is 5.69 Å². The largest absolute Gasteiger partial charge is 0.496 e. The molecule has 1 rings (SSSR count). The number of carbonyl (C=O) groups is 2. The number of anilines is 1. The second-order valence-corrected chi connectivity index (χ2v) is 7.33. The molecule has 0 aliphatic heterocycles. The molecule has 1 amide bonds. The zero-order chi connectivity index (χ0) is 16.9. The van der Waals surface area contributed by atoms with Gasteiger partial charge in [0.2, 0.25) is 5.91 Å². The minimum Gasteiger partial charge on any atom is -0.496 e. The van der Waals surface area contributed by atoms with Gasteiger partial charge in [-0.2, -0.15) is 0 Å². The van der Waals surface area contributed by atoms with Crippen molar-refractivity contribution in [3.05, 3.63) is 23.8 Å². The fraction of sp³-hybridized carbons (Fsp3) is 0.429. The van der Waals surface area contributed by atoms with E-state index < -0.39 is 27.5 Å². The fourth-order valence-electron chi connectivity index (χ4n) is 1.91. The molecule has 0 heterocycles. The van der Waals surface area contributed by atoms with E-state index in [2.05, 4.69) is 5.32 Å². The van der Waals surface area contributed by atoms with Crippen LogP contribution in [0.5, 0.6) is 5.75 Å². The molecule has 0 aliphatic carbocycles. The summed E-state index contributed by atoms with van der Waals surface area (Å²) < 4.78 is 28.4. The highest BCUT2D eigenvalue weighted by Crippen LogP contribution is 2.23. The van der Waals surface area contributed by atoms with Crippen molar-refractivity contribution >= 4 is 27.4 Å². The van der Waals surface area contributed by atoms with E-state index in [0.29, 0.717) is 0 Å². The Morgan fingerprint density at radius 3 is 2.45 bits per heavy atom. The summed E-state index contributed by atoms with van der Waals surface area (Å²) in [7, 11) is -2.17. The molecule has 8 heteroatoms. The van der Waals surface area contributed by atoms with Crippen LogP contribution in [0.15, 0.2) is 18.2 Å². The number of ether oxygens (including phenoxy) is 1. The Kier molecular flexibility index (Phi) is 5.92. The van der Waals surface area contributed by atoms with E-state index in [4.69, 9.17) is 9.84 Å². The Balaban J connectivity index is 2.83. The van der Waals surface area contributed by atoms with E-state index in [1.54, 1.807) is 13.8 Å². The SMILES string of the molecule is COc1cc(NC(=O)CS(=O)(=O)CC(C)C)ccc1C(=O)O. The third-order valence-electron chi connectivity index (χ3n) is 2.65. The standard InChI is InChI=1S/C14H19NO6S/c1-9(2)7-22(19,20)8-13(16)15-10-4-5-11(14(17)18)12(6-10)21-3/h4-6,9H,7-8H2,1-3H3,(H,15,16)(H,17,18). The Morgan fingerprint density at radius 1 is 1.32 bits per heavy atom. The van der Waals surface area contributed by atoms with Gasteiger partial charge in [0.25, 0.3) is 0 Å². The van der Waals surface area contributed by atoms with Gasteiger partial charge in [0, 0.05) is 11.8 Å². The molecule has 1 aromatic carbocycles. The van der Waals surface area contributed by atoms with Gasteiger partial charge in [-0.25, -0.2) is 13.2 Å². The van der Waals surface area contributed by atoms with E-state index in [1.807, 2.05) is 0 Å². The van der Waals surface area contributed by atoms with Crippen LogP contribution in [-0.2, 0) is 14.6 Å². The molecule has 122 valence electrons. The Labute approximate surface area is 129 Å². The zero-order valence-corrected chi connectivity index (χ0v) is 13.4. The molecule has 0 unspecified atom stereocenters. The number of benzene rings is 1. The molecule has 0 spiro atoms. The van der Waals surface area contributed by atoms with Crippen LogP contribution in [0.25, 0.3) is 0 Å². The lowest BCUT2D eigenvalue weighted by Gasteiger charge is -2.10. The van der Waals surface area contributed by atoms with Crippen LogP contribution in [0, 0.1) is 5.92 Å². The molecular weight excluding hydrogens is 310 g/mol. The molecule has 0 radical (unpaired) electrons. The molecule has 22 heavy (non-hydrogen) atoms. The number of hydrogen-bond donors (Lipinski definition) is 2. The van der Waals surface area contributed by atoms with Crippen molar-refractivity contribution in [3.63, 3.8) is 0 Å². The average molecular weight is 329 g/mol. The number of methoxy groups -OCH3 is 1. The fourth-order valence-corrected chi connectivity index (χ4v) is 3.51. The summed E-state index contributed by atoms with van der Waals surface area (Å²) in [5.74, 6) is -2.50.